The van der Waals surface area contributed by atoms with E-state index >= 15 is 0 Å². The van der Waals surface area contributed by atoms with Crippen molar-refractivity contribution in [3.63, 3.8) is 0 Å². The summed E-state index contributed by atoms with van der Waals surface area (Å²) in [7, 11) is 0. The van der Waals surface area contributed by atoms with E-state index in [1.807, 2.05) is 18.2 Å². The number of nitrogens with zero attached hydrogens (tertiary/aromatic N) is 1. The van der Waals surface area contributed by atoms with Crippen LogP contribution in [0, 0.1) is 17.2 Å². The summed E-state index contributed by atoms with van der Waals surface area (Å²) in [5.41, 5.74) is 0.955. The fraction of sp³-hybridized carbons (Fsp3) is 0.588. The molecule has 0 bridgehead atoms. The lowest BCUT2D eigenvalue weighted by Gasteiger charge is -2.44. The molecule has 1 saturated heterocycles. The molecule has 0 spiro atoms. The van der Waals surface area contributed by atoms with Crippen LogP contribution in [0.1, 0.15) is 31.2 Å². The van der Waals surface area contributed by atoms with Gasteiger partial charge in [-0.3, -0.25) is 0 Å². The van der Waals surface area contributed by atoms with Gasteiger partial charge in [0, 0.05) is 6.04 Å². The molecule has 1 aromatic rings. The number of nitrogens with one attached hydrogen (secondary N) is 1. The van der Waals surface area contributed by atoms with E-state index in [0.29, 0.717) is 6.04 Å². The van der Waals surface area contributed by atoms with Crippen molar-refractivity contribution in [2.24, 2.45) is 5.92 Å². The first-order chi connectivity index (χ1) is 9.82. The SMILES string of the molecule is N#CC1(c2ccccc2)CC(NCC2CCSCC2)C1. The van der Waals surface area contributed by atoms with Crippen molar-refractivity contribution in [2.75, 3.05) is 18.1 Å². The molecule has 1 heterocycles. The van der Waals surface area contributed by atoms with Gasteiger partial charge < -0.3 is 5.32 Å². The van der Waals surface area contributed by atoms with Crippen LogP contribution in [0.3, 0.4) is 0 Å². The molecule has 1 saturated carbocycles. The van der Waals surface area contributed by atoms with E-state index < -0.39 is 0 Å². The average molecular weight is 286 g/mol. The summed E-state index contributed by atoms with van der Waals surface area (Å²) in [4.78, 5) is 0. The first-order valence-corrected chi connectivity index (χ1v) is 8.76. The van der Waals surface area contributed by atoms with E-state index in [2.05, 4.69) is 35.3 Å². The summed E-state index contributed by atoms with van der Waals surface area (Å²) in [5.74, 6) is 3.50. The molecule has 1 aliphatic carbocycles. The molecular formula is C17H22N2S. The molecule has 3 heteroatoms. The van der Waals surface area contributed by atoms with Gasteiger partial charge in [-0.2, -0.15) is 17.0 Å². The third-order valence-electron chi connectivity index (χ3n) is 4.77. The fourth-order valence-electron chi connectivity index (χ4n) is 3.36. The number of nitriles is 1. The minimum atomic E-state index is -0.235. The lowest BCUT2D eigenvalue weighted by molar-refractivity contribution is 0.216. The highest BCUT2D eigenvalue weighted by Gasteiger charge is 2.45. The second-order valence-corrected chi connectivity index (χ2v) is 7.35. The first-order valence-electron chi connectivity index (χ1n) is 7.60. The molecule has 1 aliphatic heterocycles. The number of thioether (sulfide) groups is 1. The quantitative estimate of drug-likeness (QED) is 0.922. The van der Waals surface area contributed by atoms with Crippen LogP contribution in [0.2, 0.25) is 0 Å². The Balaban J connectivity index is 1.51. The Kier molecular flexibility index (Phi) is 4.33. The lowest BCUT2D eigenvalue weighted by atomic mass is 9.62. The Morgan fingerprint density at radius 3 is 2.55 bits per heavy atom. The van der Waals surface area contributed by atoms with Crippen LogP contribution >= 0.6 is 11.8 Å². The summed E-state index contributed by atoms with van der Waals surface area (Å²) in [6.07, 6.45) is 4.64. The van der Waals surface area contributed by atoms with Gasteiger partial charge in [-0.25, -0.2) is 0 Å². The standard InChI is InChI=1S/C17H22N2S/c18-13-17(15-4-2-1-3-5-15)10-16(11-17)19-12-14-6-8-20-9-7-14/h1-5,14,16,19H,6-12H2. The second-order valence-electron chi connectivity index (χ2n) is 6.13. The monoisotopic (exact) mass is 286 g/mol. The van der Waals surface area contributed by atoms with E-state index in [0.717, 1.165) is 25.3 Å². The van der Waals surface area contributed by atoms with Gasteiger partial charge in [-0.15, -0.1) is 0 Å². The topological polar surface area (TPSA) is 35.8 Å². The van der Waals surface area contributed by atoms with E-state index in [1.165, 1.54) is 29.9 Å². The van der Waals surface area contributed by atoms with Gasteiger partial charge in [0.15, 0.2) is 0 Å². The molecule has 106 valence electrons. The zero-order valence-electron chi connectivity index (χ0n) is 11.8. The highest BCUT2D eigenvalue weighted by atomic mass is 32.2. The summed E-state index contributed by atoms with van der Waals surface area (Å²) in [5, 5.41) is 13.2. The smallest absolute Gasteiger partial charge is 0.0852 e. The molecule has 1 N–H and O–H groups in total. The van der Waals surface area contributed by atoms with Gasteiger partial charge in [-0.1, -0.05) is 30.3 Å². The highest BCUT2D eigenvalue weighted by Crippen LogP contribution is 2.43. The van der Waals surface area contributed by atoms with Crippen molar-refractivity contribution < 1.29 is 0 Å². The Hall–Kier alpha value is -0.980. The molecule has 3 rings (SSSR count). The molecule has 0 radical (unpaired) electrons. The number of hydrogen-bond donors (Lipinski definition) is 1. The van der Waals surface area contributed by atoms with Gasteiger partial charge in [0.2, 0.25) is 0 Å². The Labute approximate surface area is 125 Å². The minimum absolute atomic E-state index is 0.235. The molecule has 2 aliphatic rings. The van der Waals surface area contributed by atoms with Crippen molar-refractivity contribution >= 4 is 11.8 Å². The van der Waals surface area contributed by atoms with Crippen molar-refractivity contribution in [1.82, 2.24) is 5.32 Å². The molecule has 0 unspecified atom stereocenters. The van der Waals surface area contributed by atoms with Crippen LogP contribution in [0.5, 0.6) is 0 Å². The van der Waals surface area contributed by atoms with Crippen LogP contribution in [0.25, 0.3) is 0 Å². The largest absolute Gasteiger partial charge is 0.314 e. The van der Waals surface area contributed by atoms with E-state index in [4.69, 9.17) is 0 Å². The predicted molar refractivity (Wildman–Crippen MR) is 84.8 cm³/mol. The first kappa shape index (κ1) is 14.0. The average Bonchev–Trinajstić information content (AvgIpc) is 2.48. The number of benzene rings is 1. The van der Waals surface area contributed by atoms with Crippen molar-refractivity contribution in [3.8, 4) is 6.07 Å². The number of hydrogen-bond acceptors (Lipinski definition) is 3. The normalized spacial score (nSPS) is 30.4. The third kappa shape index (κ3) is 2.87. The van der Waals surface area contributed by atoms with Crippen molar-refractivity contribution in [3.05, 3.63) is 35.9 Å². The maximum absolute atomic E-state index is 9.54. The van der Waals surface area contributed by atoms with Crippen LogP contribution in [-0.4, -0.2) is 24.1 Å². The highest BCUT2D eigenvalue weighted by molar-refractivity contribution is 7.99. The molecular weight excluding hydrogens is 264 g/mol. The van der Waals surface area contributed by atoms with Crippen molar-refractivity contribution in [1.29, 1.82) is 5.26 Å². The van der Waals surface area contributed by atoms with Gasteiger partial charge in [0.05, 0.1) is 11.5 Å². The molecule has 2 fully saturated rings. The van der Waals surface area contributed by atoms with E-state index in [1.54, 1.807) is 0 Å². The molecule has 0 amide bonds. The van der Waals surface area contributed by atoms with Crippen LogP contribution < -0.4 is 5.32 Å². The zero-order chi connectivity index (χ0) is 13.8. The Morgan fingerprint density at radius 2 is 1.90 bits per heavy atom. The van der Waals surface area contributed by atoms with Crippen LogP contribution in [0.15, 0.2) is 30.3 Å². The summed E-state index contributed by atoms with van der Waals surface area (Å²) < 4.78 is 0. The van der Waals surface area contributed by atoms with E-state index in [-0.39, 0.29) is 5.41 Å². The minimum Gasteiger partial charge on any atom is -0.314 e. The zero-order valence-corrected chi connectivity index (χ0v) is 12.7. The summed E-state index contributed by atoms with van der Waals surface area (Å²) in [6.45, 7) is 1.14. The third-order valence-corrected chi connectivity index (χ3v) is 5.81. The van der Waals surface area contributed by atoms with Gasteiger partial charge in [-0.05, 0) is 55.2 Å². The maximum Gasteiger partial charge on any atom is 0.0852 e. The molecule has 0 atom stereocenters. The molecule has 2 nitrogen and oxygen atoms in total. The van der Waals surface area contributed by atoms with E-state index in [9.17, 15) is 5.26 Å². The Morgan fingerprint density at radius 1 is 1.20 bits per heavy atom. The lowest BCUT2D eigenvalue weighted by Crippen LogP contribution is -2.52. The molecule has 20 heavy (non-hydrogen) atoms. The van der Waals surface area contributed by atoms with Crippen molar-refractivity contribution in [2.45, 2.75) is 37.1 Å². The predicted octanol–water partition coefficient (Wildman–Crippen LogP) is 3.34. The number of rotatable bonds is 4. The van der Waals surface area contributed by atoms with Crippen LogP contribution in [0.4, 0.5) is 0 Å². The summed E-state index contributed by atoms with van der Waals surface area (Å²) >= 11 is 2.08. The van der Waals surface area contributed by atoms with Gasteiger partial charge >= 0.3 is 0 Å². The Bertz CT molecular complexity index is 468. The summed E-state index contributed by atoms with van der Waals surface area (Å²) in [6, 6.07) is 13.4. The molecule has 1 aromatic carbocycles. The van der Waals surface area contributed by atoms with Crippen LogP contribution in [-0.2, 0) is 5.41 Å². The maximum atomic E-state index is 9.54. The second kappa shape index (κ2) is 6.20. The molecule has 0 aromatic heterocycles. The van der Waals surface area contributed by atoms with Gasteiger partial charge in [0.25, 0.3) is 0 Å². The fourth-order valence-corrected chi connectivity index (χ4v) is 4.56. The van der Waals surface area contributed by atoms with Gasteiger partial charge in [0.1, 0.15) is 0 Å².